The van der Waals surface area contributed by atoms with Gasteiger partial charge >= 0.3 is 29.6 Å². The van der Waals surface area contributed by atoms with Crippen molar-refractivity contribution in [2.75, 3.05) is 6.54 Å². The van der Waals surface area contributed by atoms with Gasteiger partial charge in [-0.1, -0.05) is 71.3 Å². The topological polar surface area (TPSA) is 77.5 Å². The van der Waals surface area contributed by atoms with Crippen LogP contribution in [-0.4, -0.2) is 35.7 Å². The number of hydrogen-bond donors (Lipinski definition) is 0. The third-order valence-corrected chi connectivity index (χ3v) is 5.33. The smallest absolute Gasteiger partial charge is 0.746 e. The molecular formula is C18H34NNaO4S. The Morgan fingerprint density at radius 1 is 1.00 bits per heavy atom. The molecule has 0 aliphatic heterocycles. The van der Waals surface area contributed by atoms with E-state index in [2.05, 4.69) is 13.5 Å². The second-order valence-electron chi connectivity index (χ2n) is 6.55. The van der Waals surface area contributed by atoms with E-state index in [1.165, 1.54) is 52.4 Å². The molecule has 0 bridgehead atoms. The van der Waals surface area contributed by atoms with Crippen LogP contribution in [0.2, 0.25) is 0 Å². The molecule has 0 saturated carbocycles. The van der Waals surface area contributed by atoms with E-state index in [0.717, 1.165) is 24.2 Å². The van der Waals surface area contributed by atoms with E-state index in [4.69, 9.17) is 0 Å². The Kier molecular flexibility index (Phi) is 16.6. The zero-order chi connectivity index (χ0) is 18.6. The van der Waals surface area contributed by atoms with E-state index in [9.17, 15) is 17.8 Å². The molecular weight excluding hydrogens is 349 g/mol. The second kappa shape index (κ2) is 15.2. The fourth-order valence-corrected chi connectivity index (χ4v) is 3.13. The minimum Gasteiger partial charge on any atom is -0.746 e. The van der Waals surface area contributed by atoms with Crippen LogP contribution in [0.1, 0.15) is 85.0 Å². The summed E-state index contributed by atoms with van der Waals surface area (Å²) in [7, 11) is -4.53. The van der Waals surface area contributed by atoms with Crippen LogP contribution in [0.25, 0.3) is 0 Å². The molecule has 0 aromatic rings. The molecule has 1 amide bonds. The minimum absolute atomic E-state index is 0. The van der Waals surface area contributed by atoms with Gasteiger partial charge < -0.3 is 9.45 Å². The normalized spacial score (nSPS) is 12.3. The van der Waals surface area contributed by atoms with E-state index in [-0.39, 0.29) is 41.7 Å². The molecule has 0 aliphatic rings. The van der Waals surface area contributed by atoms with Crippen molar-refractivity contribution in [1.29, 1.82) is 0 Å². The molecule has 25 heavy (non-hydrogen) atoms. The van der Waals surface area contributed by atoms with E-state index in [1.807, 2.05) is 0 Å². The molecule has 0 saturated heterocycles. The maximum absolute atomic E-state index is 12.0. The molecule has 0 radical (unpaired) electrons. The third kappa shape index (κ3) is 13.0. The van der Waals surface area contributed by atoms with E-state index in [1.54, 1.807) is 0 Å². The predicted molar refractivity (Wildman–Crippen MR) is 97.5 cm³/mol. The van der Waals surface area contributed by atoms with Crippen molar-refractivity contribution in [1.82, 2.24) is 4.90 Å². The number of unbranched alkanes of at least 4 members (excludes halogenated alkanes) is 9. The third-order valence-electron chi connectivity index (χ3n) is 4.24. The van der Waals surface area contributed by atoms with Gasteiger partial charge in [0.15, 0.2) is 0 Å². The minimum atomic E-state index is -4.53. The Balaban J connectivity index is 0. The first-order chi connectivity index (χ1) is 11.2. The fraction of sp³-hybridized carbons (Fsp3) is 0.833. The summed E-state index contributed by atoms with van der Waals surface area (Å²) < 4.78 is 33.6. The monoisotopic (exact) mass is 383 g/mol. The molecule has 5 nitrogen and oxygen atoms in total. The van der Waals surface area contributed by atoms with Crippen LogP contribution in [0.3, 0.4) is 0 Å². The van der Waals surface area contributed by atoms with Gasteiger partial charge in [0.2, 0.25) is 5.91 Å². The van der Waals surface area contributed by atoms with Gasteiger partial charge in [0.1, 0.15) is 15.5 Å². The molecule has 0 rings (SSSR count). The summed E-state index contributed by atoms with van der Waals surface area (Å²) in [5.74, 6) is -0.460. The Hall–Kier alpha value is 0.120. The average Bonchev–Trinajstić information content (AvgIpc) is 2.50. The van der Waals surface area contributed by atoms with Crippen LogP contribution in [-0.2, 0) is 14.9 Å². The molecule has 1 unspecified atom stereocenters. The summed E-state index contributed by atoms with van der Waals surface area (Å²) in [6.45, 7) is 8.83. The van der Waals surface area contributed by atoms with Crippen molar-refractivity contribution in [2.24, 2.45) is 0 Å². The van der Waals surface area contributed by atoms with E-state index in [0.29, 0.717) is 6.42 Å². The molecule has 0 aliphatic carbocycles. The van der Waals surface area contributed by atoms with Crippen LogP contribution < -0.4 is 29.6 Å². The first-order valence-electron chi connectivity index (χ1n) is 9.13. The maximum atomic E-state index is 12.0. The van der Waals surface area contributed by atoms with Gasteiger partial charge in [-0.2, -0.15) is 0 Å². The molecule has 0 fully saturated rings. The van der Waals surface area contributed by atoms with Crippen molar-refractivity contribution in [3.05, 3.63) is 12.2 Å². The number of carbonyl (C=O) groups is 1. The molecule has 0 aromatic heterocycles. The largest absolute Gasteiger partial charge is 1.00 e. The van der Waals surface area contributed by atoms with Crippen LogP contribution >= 0.6 is 0 Å². The first-order valence-corrected chi connectivity index (χ1v) is 10.6. The summed E-state index contributed by atoms with van der Waals surface area (Å²) in [5, 5.41) is -1.35. The van der Waals surface area contributed by atoms with Crippen molar-refractivity contribution < 1.29 is 47.3 Å². The number of amides is 1. The molecule has 0 spiro atoms. The van der Waals surface area contributed by atoms with E-state index < -0.39 is 21.4 Å². The molecule has 142 valence electrons. The van der Waals surface area contributed by atoms with Gasteiger partial charge in [-0.05, 0) is 20.3 Å². The number of nitrogens with zero attached hydrogens (tertiary/aromatic N) is 1. The summed E-state index contributed by atoms with van der Waals surface area (Å²) in [4.78, 5) is 13.2. The van der Waals surface area contributed by atoms with Crippen molar-refractivity contribution in [2.45, 2.75) is 90.4 Å². The Morgan fingerprint density at radius 2 is 1.40 bits per heavy atom. The molecule has 0 N–H and O–H groups in total. The fourth-order valence-electron chi connectivity index (χ4n) is 2.62. The zero-order valence-corrected chi connectivity index (χ0v) is 19.4. The number of rotatable bonds is 14. The van der Waals surface area contributed by atoms with Crippen LogP contribution in [0.4, 0.5) is 0 Å². The Bertz CT molecular complexity index is 479. The van der Waals surface area contributed by atoms with Gasteiger partial charge in [-0.3, -0.25) is 4.79 Å². The Labute approximate surface area is 176 Å². The summed E-state index contributed by atoms with van der Waals surface area (Å²) in [6, 6.07) is 0. The molecule has 0 aromatic carbocycles. The number of carbonyl (C=O) groups excluding carboxylic acids is 1. The van der Waals surface area contributed by atoms with Crippen molar-refractivity contribution >= 4 is 16.0 Å². The number of hydrogen-bond acceptors (Lipinski definition) is 4. The maximum Gasteiger partial charge on any atom is 1.00 e. The predicted octanol–water partition coefficient (Wildman–Crippen LogP) is 1.21. The Morgan fingerprint density at radius 3 is 1.76 bits per heavy atom. The van der Waals surface area contributed by atoms with Gasteiger partial charge in [0.05, 0.1) is 0 Å². The van der Waals surface area contributed by atoms with Crippen molar-refractivity contribution in [3.63, 3.8) is 0 Å². The zero-order valence-electron chi connectivity index (χ0n) is 16.6. The molecule has 7 heteroatoms. The van der Waals surface area contributed by atoms with Crippen molar-refractivity contribution in [3.8, 4) is 0 Å². The summed E-state index contributed by atoms with van der Waals surface area (Å²) >= 11 is 0. The average molecular weight is 384 g/mol. The van der Waals surface area contributed by atoms with Gasteiger partial charge in [0, 0.05) is 12.1 Å². The van der Waals surface area contributed by atoms with Crippen LogP contribution in [0, 0.1) is 0 Å². The first kappa shape index (κ1) is 27.3. The molecule has 0 heterocycles. The van der Waals surface area contributed by atoms with Crippen LogP contribution in [0.15, 0.2) is 12.2 Å². The quantitative estimate of drug-likeness (QED) is 0.195. The summed E-state index contributed by atoms with van der Waals surface area (Å²) in [6.07, 6.45) is 11.6. The summed E-state index contributed by atoms with van der Waals surface area (Å²) in [5.41, 5.74) is 0.248. The van der Waals surface area contributed by atoms with Gasteiger partial charge in [-0.15, -0.1) is 0 Å². The van der Waals surface area contributed by atoms with E-state index >= 15 is 0 Å². The SMILES string of the molecule is C=C(C)C(=O)N(CCCCCCCCCCCC)C(C)S(=O)(=O)[O-].[Na+]. The van der Waals surface area contributed by atoms with Gasteiger partial charge in [-0.25, -0.2) is 8.42 Å². The standard InChI is InChI=1S/C18H35NO4S.Na/c1-5-6-7-8-9-10-11-12-13-14-15-19(18(20)16(2)3)17(4)24(21,22)23;/h17H,2,5-15H2,1,3-4H3,(H,21,22,23);/q;+1/p-1. The van der Waals surface area contributed by atoms with Crippen LogP contribution in [0.5, 0.6) is 0 Å². The van der Waals surface area contributed by atoms with Gasteiger partial charge in [0.25, 0.3) is 0 Å². The molecule has 1 atom stereocenters. The second-order valence-corrected chi connectivity index (χ2v) is 8.22.